The molecule has 1 aliphatic rings. The van der Waals surface area contributed by atoms with Crippen LogP contribution in [0.25, 0.3) is 22.2 Å². The van der Waals surface area contributed by atoms with E-state index in [0.29, 0.717) is 12.1 Å². The van der Waals surface area contributed by atoms with Gasteiger partial charge in [0, 0.05) is 28.6 Å². The minimum absolute atomic E-state index is 0.0876. The number of ether oxygens (including phenoxy) is 1. The third-order valence-electron chi connectivity index (χ3n) is 4.60. The summed E-state index contributed by atoms with van der Waals surface area (Å²) in [7, 11) is 0. The SMILES string of the molecule is O=C(NC[C@H]1CCCO1)c1cc(-c2cccc(Br)c2)nc2ccccc12. The zero-order chi connectivity index (χ0) is 17.9. The van der Waals surface area contributed by atoms with Crippen molar-refractivity contribution in [1.29, 1.82) is 0 Å². The normalized spacial score (nSPS) is 16.7. The van der Waals surface area contributed by atoms with E-state index in [0.717, 1.165) is 46.1 Å². The summed E-state index contributed by atoms with van der Waals surface area (Å²) in [4.78, 5) is 17.6. The number of benzene rings is 2. The first-order chi connectivity index (χ1) is 12.7. The average Bonchev–Trinajstić information content (AvgIpc) is 3.19. The van der Waals surface area contributed by atoms with Crippen molar-refractivity contribution >= 4 is 32.7 Å². The lowest BCUT2D eigenvalue weighted by Gasteiger charge is -2.13. The quantitative estimate of drug-likeness (QED) is 0.684. The molecule has 1 atom stereocenters. The number of carbonyl (C=O) groups excluding carboxylic acids is 1. The van der Waals surface area contributed by atoms with E-state index in [2.05, 4.69) is 21.2 Å². The highest BCUT2D eigenvalue weighted by atomic mass is 79.9. The van der Waals surface area contributed by atoms with E-state index < -0.39 is 0 Å². The molecule has 1 aromatic heterocycles. The molecule has 1 amide bonds. The van der Waals surface area contributed by atoms with E-state index in [1.807, 2.05) is 54.6 Å². The summed E-state index contributed by atoms with van der Waals surface area (Å²) >= 11 is 3.50. The van der Waals surface area contributed by atoms with Crippen molar-refractivity contribution in [3.05, 3.63) is 64.6 Å². The maximum atomic E-state index is 12.9. The number of rotatable bonds is 4. The molecule has 26 heavy (non-hydrogen) atoms. The highest BCUT2D eigenvalue weighted by Crippen LogP contribution is 2.26. The van der Waals surface area contributed by atoms with Gasteiger partial charge in [0.2, 0.25) is 0 Å². The van der Waals surface area contributed by atoms with Crippen molar-refractivity contribution in [3.8, 4) is 11.3 Å². The molecule has 3 aromatic rings. The van der Waals surface area contributed by atoms with E-state index in [9.17, 15) is 4.79 Å². The van der Waals surface area contributed by atoms with Gasteiger partial charge >= 0.3 is 0 Å². The molecule has 0 radical (unpaired) electrons. The Hall–Kier alpha value is -2.24. The van der Waals surface area contributed by atoms with E-state index in [1.54, 1.807) is 0 Å². The molecule has 1 aliphatic heterocycles. The summed E-state index contributed by atoms with van der Waals surface area (Å²) in [6.07, 6.45) is 2.18. The summed E-state index contributed by atoms with van der Waals surface area (Å²) in [5.41, 5.74) is 3.21. The smallest absolute Gasteiger partial charge is 0.252 e. The second-order valence-electron chi connectivity index (χ2n) is 6.43. The molecule has 132 valence electrons. The minimum atomic E-state index is -0.0876. The van der Waals surface area contributed by atoms with Crippen LogP contribution in [0.4, 0.5) is 0 Å². The monoisotopic (exact) mass is 410 g/mol. The number of pyridine rings is 1. The van der Waals surface area contributed by atoms with Crippen molar-refractivity contribution in [2.75, 3.05) is 13.2 Å². The number of amides is 1. The summed E-state index contributed by atoms with van der Waals surface area (Å²) < 4.78 is 6.58. The number of hydrogen-bond donors (Lipinski definition) is 1. The Kier molecular flexibility index (Phi) is 5.00. The third kappa shape index (κ3) is 3.64. The zero-order valence-electron chi connectivity index (χ0n) is 14.2. The molecule has 0 unspecified atom stereocenters. The lowest BCUT2D eigenvalue weighted by atomic mass is 10.0. The molecule has 4 rings (SSSR count). The third-order valence-corrected chi connectivity index (χ3v) is 5.09. The number of carbonyl (C=O) groups is 1. The van der Waals surface area contributed by atoms with Gasteiger partial charge in [0.15, 0.2) is 0 Å². The topological polar surface area (TPSA) is 51.2 Å². The van der Waals surface area contributed by atoms with Crippen molar-refractivity contribution in [2.45, 2.75) is 18.9 Å². The fourth-order valence-corrected chi connectivity index (χ4v) is 3.67. The van der Waals surface area contributed by atoms with E-state index >= 15 is 0 Å². The summed E-state index contributed by atoms with van der Waals surface area (Å²) in [5, 5.41) is 3.88. The first-order valence-electron chi connectivity index (χ1n) is 8.76. The molecule has 2 heterocycles. The van der Waals surface area contributed by atoms with Crippen LogP contribution in [0, 0.1) is 0 Å². The molecule has 1 fully saturated rings. The van der Waals surface area contributed by atoms with E-state index in [1.165, 1.54) is 0 Å². The Bertz CT molecular complexity index is 952. The Morgan fingerprint density at radius 2 is 2.08 bits per heavy atom. The highest BCUT2D eigenvalue weighted by Gasteiger charge is 2.18. The molecular weight excluding hydrogens is 392 g/mol. The zero-order valence-corrected chi connectivity index (χ0v) is 15.8. The lowest BCUT2D eigenvalue weighted by Crippen LogP contribution is -2.31. The van der Waals surface area contributed by atoms with Crippen molar-refractivity contribution in [2.24, 2.45) is 0 Å². The van der Waals surface area contributed by atoms with Crippen molar-refractivity contribution < 1.29 is 9.53 Å². The number of halogens is 1. The lowest BCUT2D eigenvalue weighted by molar-refractivity contribution is 0.0859. The van der Waals surface area contributed by atoms with Gasteiger partial charge in [0.25, 0.3) is 5.91 Å². The number of fused-ring (bicyclic) bond motifs is 1. The van der Waals surface area contributed by atoms with Crippen LogP contribution in [-0.2, 0) is 4.74 Å². The van der Waals surface area contributed by atoms with E-state index in [4.69, 9.17) is 9.72 Å². The maximum absolute atomic E-state index is 12.9. The fraction of sp³-hybridized carbons (Fsp3) is 0.238. The number of nitrogens with zero attached hydrogens (tertiary/aromatic N) is 1. The van der Waals surface area contributed by atoms with Gasteiger partial charge in [-0.2, -0.15) is 0 Å². The number of para-hydroxylation sites is 1. The first kappa shape index (κ1) is 17.2. The number of hydrogen-bond acceptors (Lipinski definition) is 3. The molecule has 0 saturated carbocycles. The maximum Gasteiger partial charge on any atom is 0.252 e. The molecule has 0 spiro atoms. The predicted octanol–water partition coefficient (Wildman–Crippen LogP) is 4.57. The van der Waals surface area contributed by atoms with Crippen LogP contribution in [0.3, 0.4) is 0 Å². The van der Waals surface area contributed by atoms with Crippen molar-refractivity contribution in [3.63, 3.8) is 0 Å². The molecule has 4 nitrogen and oxygen atoms in total. The van der Waals surface area contributed by atoms with Gasteiger partial charge in [-0.3, -0.25) is 4.79 Å². The molecule has 0 bridgehead atoms. The molecular formula is C21H19BrN2O2. The van der Waals surface area contributed by atoms with Crippen LogP contribution in [0.2, 0.25) is 0 Å². The summed E-state index contributed by atoms with van der Waals surface area (Å²) in [6.45, 7) is 1.33. The van der Waals surface area contributed by atoms with Gasteiger partial charge in [-0.15, -0.1) is 0 Å². The van der Waals surface area contributed by atoms with Gasteiger partial charge < -0.3 is 10.1 Å². The summed E-state index contributed by atoms with van der Waals surface area (Å²) in [5.74, 6) is -0.0876. The Morgan fingerprint density at radius 1 is 1.19 bits per heavy atom. The van der Waals surface area contributed by atoms with Crippen LogP contribution in [0.1, 0.15) is 23.2 Å². The van der Waals surface area contributed by atoms with Gasteiger partial charge in [-0.05, 0) is 37.1 Å². The van der Waals surface area contributed by atoms with Crippen LogP contribution in [-0.4, -0.2) is 30.1 Å². The second kappa shape index (κ2) is 7.56. The standard InChI is InChI=1S/C21H19BrN2O2/c22-15-6-3-5-14(11-15)20-12-18(17-8-1-2-9-19(17)24-20)21(25)23-13-16-7-4-10-26-16/h1-3,5-6,8-9,11-12,16H,4,7,10,13H2,(H,23,25)/t16-/m1/s1. The summed E-state index contributed by atoms with van der Waals surface area (Å²) in [6, 6.07) is 17.6. The molecule has 5 heteroatoms. The fourth-order valence-electron chi connectivity index (χ4n) is 3.27. The van der Waals surface area contributed by atoms with Gasteiger partial charge in [-0.1, -0.05) is 46.3 Å². The van der Waals surface area contributed by atoms with Crippen molar-refractivity contribution in [1.82, 2.24) is 10.3 Å². The molecule has 2 aromatic carbocycles. The van der Waals surface area contributed by atoms with Gasteiger partial charge in [-0.25, -0.2) is 4.98 Å². The van der Waals surface area contributed by atoms with E-state index in [-0.39, 0.29) is 12.0 Å². The van der Waals surface area contributed by atoms with Crippen LogP contribution >= 0.6 is 15.9 Å². The Balaban J connectivity index is 1.71. The van der Waals surface area contributed by atoms with Crippen LogP contribution in [0.5, 0.6) is 0 Å². The van der Waals surface area contributed by atoms with Crippen LogP contribution < -0.4 is 5.32 Å². The Labute approximate surface area is 160 Å². The molecule has 0 aliphatic carbocycles. The second-order valence-corrected chi connectivity index (χ2v) is 7.34. The minimum Gasteiger partial charge on any atom is -0.376 e. The predicted molar refractivity (Wildman–Crippen MR) is 106 cm³/mol. The Morgan fingerprint density at radius 3 is 2.88 bits per heavy atom. The van der Waals surface area contributed by atoms with Gasteiger partial charge in [0.05, 0.1) is 22.9 Å². The first-order valence-corrected chi connectivity index (χ1v) is 9.55. The van der Waals surface area contributed by atoms with Gasteiger partial charge in [0.1, 0.15) is 0 Å². The molecule has 1 saturated heterocycles. The number of nitrogens with one attached hydrogen (secondary N) is 1. The average molecular weight is 411 g/mol. The number of aromatic nitrogens is 1. The highest BCUT2D eigenvalue weighted by molar-refractivity contribution is 9.10. The molecule has 1 N–H and O–H groups in total. The van der Waals surface area contributed by atoms with Crippen LogP contribution in [0.15, 0.2) is 59.1 Å². The largest absolute Gasteiger partial charge is 0.376 e.